The van der Waals surface area contributed by atoms with Gasteiger partial charge in [0.2, 0.25) is 5.91 Å². The summed E-state index contributed by atoms with van der Waals surface area (Å²) in [6.07, 6.45) is 6.45. The van der Waals surface area contributed by atoms with Crippen molar-refractivity contribution in [1.29, 1.82) is 0 Å². The molecule has 3 fully saturated rings. The second-order valence-electron chi connectivity index (χ2n) is 8.99. The van der Waals surface area contributed by atoms with Crippen molar-refractivity contribution in [2.24, 2.45) is 11.3 Å². The minimum Gasteiger partial charge on any atom is -0.343 e. The van der Waals surface area contributed by atoms with Gasteiger partial charge in [-0.2, -0.15) is 4.98 Å². The van der Waals surface area contributed by atoms with E-state index in [-0.39, 0.29) is 11.5 Å². The highest BCUT2D eigenvalue weighted by atomic mass is 16.5. The molecule has 28 heavy (non-hydrogen) atoms. The number of benzene rings is 1. The minimum atomic E-state index is 0.190. The zero-order valence-electron chi connectivity index (χ0n) is 16.5. The summed E-state index contributed by atoms with van der Waals surface area (Å²) < 4.78 is 5.54. The number of piperidine rings is 1. The Kier molecular flexibility index (Phi) is 4.46. The van der Waals surface area contributed by atoms with Gasteiger partial charge in [-0.3, -0.25) is 9.69 Å². The molecule has 1 saturated carbocycles. The summed E-state index contributed by atoms with van der Waals surface area (Å²) in [6, 6.07) is 10.1. The van der Waals surface area contributed by atoms with Gasteiger partial charge in [0.05, 0.1) is 6.04 Å². The van der Waals surface area contributed by atoms with Gasteiger partial charge in [0.1, 0.15) is 0 Å². The van der Waals surface area contributed by atoms with E-state index in [2.05, 4.69) is 27.0 Å². The lowest BCUT2D eigenvalue weighted by Crippen LogP contribution is -2.44. The molecule has 2 aromatic rings. The molecule has 0 radical (unpaired) electrons. The molecule has 1 aliphatic carbocycles. The van der Waals surface area contributed by atoms with Crippen LogP contribution in [0.4, 0.5) is 0 Å². The summed E-state index contributed by atoms with van der Waals surface area (Å²) in [4.78, 5) is 21.6. The minimum absolute atomic E-state index is 0.190. The van der Waals surface area contributed by atoms with Crippen LogP contribution in [-0.2, 0) is 4.79 Å². The van der Waals surface area contributed by atoms with Crippen LogP contribution in [0.3, 0.4) is 0 Å². The summed E-state index contributed by atoms with van der Waals surface area (Å²) in [5.41, 5.74) is 1.22. The van der Waals surface area contributed by atoms with Gasteiger partial charge in [-0.1, -0.05) is 23.4 Å². The molecule has 1 atom stereocenters. The summed E-state index contributed by atoms with van der Waals surface area (Å²) >= 11 is 0. The molecule has 1 aromatic carbocycles. The average molecular weight is 380 g/mol. The molecule has 2 saturated heterocycles. The first-order chi connectivity index (χ1) is 13.6. The molecule has 2 aliphatic heterocycles. The number of carbonyl (C=O) groups excluding carboxylic acids is 1. The van der Waals surface area contributed by atoms with E-state index >= 15 is 0 Å². The van der Waals surface area contributed by atoms with Crippen molar-refractivity contribution in [2.45, 2.75) is 44.6 Å². The Morgan fingerprint density at radius 3 is 2.68 bits per heavy atom. The van der Waals surface area contributed by atoms with E-state index in [9.17, 15) is 4.79 Å². The number of hydrogen-bond donors (Lipinski definition) is 0. The van der Waals surface area contributed by atoms with Crippen molar-refractivity contribution in [3.8, 4) is 11.5 Å². The molecule has 1 unspecified atom stereocenters. The average Bonchev–Trinajstić information content (AvgIpc) is 3.28. The molecule has 1 aromatic heterocycles. The van der Waals surface area contributed by atoms with Gasteiger partial charge in [-0.25, -0.2) is 0 Å². The highest BCUT2D eigenvalue weighted by Crippen LogP contribution is 2.48. The van der Waals surface area contributed by atoms with E-state index < -0.39 is 0 Å². The molecule has 3 heterocycles. The lowest BCUT2D eigenvalue weighted by molar-refractivity contribution is -0.133. The summed E-state index contributed by atoms with van der Waals surface area (Å²) in [5, 5.41) is 4.29. The van der Waals surface area contributed by atoms with Gasteiger partial charge < -0.3 is 9.42 Å². The number of rotatable bonds is 4. The first-order valence-corrected chi connectivity index (χ1v) is 10.5. The summed E-state index contributed by atoms with van der Waals surface area (Å²) in [7, 11) is 2.16. The Hall–Kier alpha value is -2.21. The van der Waals surface area contributed by atoms with E-state index in [0.29, 0.717) is 17.7 Å². The number of hydrogen-bond acceptors (Lipinski definition) is 5. The Balaban J connectivity index is 1.24. The van der Waals surface area contributed by atoms with Crippen LogP contribution in [0.1, 0.15) is 50.4 Å². The molecular weight excluding hydrogens is 352 g/mol. The molecule has 6 nitrogen and oxygen atoms in total. The first kappa shape index (κ1) is 17.9. The third-order valence-electron chi connectivity index (χ3n) is 6.84. The van der Waals surface area contributed by atoms with Gasteiger partial charge >= 0.3 is 0 Å². The predicted molar refractivity (Wildman–Crippen MR) is 105 cm³/mol. The van der Waals surface area contributed by atoms with E-state index in [0.717, 1.165) is 56.7 Å². The Morgan fingerprint density at radius 2 is 1.96 bits per heavy atom. The highest BCUT2D eigenvalue weighted by Gasteiger charge is 2.46. The second-order valence-corrected chi connectivity index (χ2v) is 8.99. The molecule has 1 spiro atoms. The van der Waals surface area contributed by atoms with Crippen molar-refractivity contribution in [2.75, 3.05) is 26.7 Å². The third-order valence-corrected chi connectivity index (χ3v) is 6.84. The standard InChI is InChI=1S/C22H28N4O2/c1-25-15-22(9-11-26(12-10-22)19(27)13-16-7-8-16)14-18(25)20-23-21(28-24-20)17-5-3-2-4-6-17/h2-6,16,18H,7-15H2,1H3. The molecular formula is C22H28N4O2. The maximum Gasteiger partial charge on any atom is 0.257 e. The Bertz CT molecular complexity index is 837. The zero-order chi connectivity index (χ0) is 19.1. The van der Waals surface area contributed by atoms with Gasteiger partial charge in [-0.05, 0) is 62.6 Å². The van der Waals surface area contributed by atoms with Crippen LogP contribution in [0.2, 0.25) is 0 Å². The topological polar surface area (TPSA) is 62.5 Å². The predicted octanol–water partition coefficient (Wildman–Crippen LogP) is 3.52. The van der Waals surface area contributed by atoms with Gasteiger partial charge in [0, 0.05) is 31.6 Å². The van der Waals surface area contributed by atoms with Crippen LogP contribution in [0, 0.1) is 11.3 Å². The monoisotopic (exact) mass is 380 g/mol. The number of likely N-dealkylation sites (tertiary alicyclic amines) is 2. The van der Waals surface area contributed by atoms with Gasteiger partial charge in [0.25, 0.3) is 5.89 Å². The van der Waals surface area contributed by atoms with E-state index in [1.165, 1.54) is 12.8 Å². The van der Waals surface area contributed by atoms with Crippen LogP contribution in [-0.4, -0.2) is 52.5 Å². The van der Waals surface area contributed by atoms with Crippen LogP contribution < -0.4 is 0 Å². The van der Waals surface area contributed by atoms with E-state index in [1.54, 1.807) is 0 Å². The quantitative estimate of drug-likeness (QED) is 0.812. The molecule has 0 bridgehead atoms. The van der Waals surface area contributed by atoms with Gasteiger partial charge in [0.15, 0.2) is 5.82 Å². The summed E-state index contributed by atoms with van der Waals surface area (Å²) in [5.74, 6) is 2.41. The smallest absolute Gasteiger partial charge is 0.257 e. The maximum atomic E-state index is 12.4. The first-order valence-electron chi connectivity index (χ1n) is 10.5. The van der Waals surface area contributed by atoms with Crippen molar-refractivity contribution >= 4 is 5.91 Å². The van der Waals surface area contributed by atoms with Crippen LogP contribution in [0.5, 0.6) is 0 Å². The highest BCUT2D eigenvalue weighted by molar-refractivity contribution is 5.76. The molecule has 1 amide bonds. The van der Waals surface area contributed by atoms with Crippen LogP contribution in [0.15, 0.2) is 34.9 Å². The van der Waals surface area contributed by atoms with Crippen molar-refractivity contribution in [3.05, 3.63) is 36.2 Å². The lowest BCUT2D eigenvalue weighted by Gasteiger charge is -2.39. The molecule has 6 heteroatoms. The third kappa shape index (κ3) is 3.46. The number of amides is 1. The van der Waals surface area contributed by atoms with Crippen LogP contribution >= 0.6 is 0 Å². The fourth-order valence-electron chi connectivity index (χ4n) is 4.92. The van der Waals surface area contributed by atoms with Crippen LogP contribution in [0.25, 0.3) is 11.5 Å². The van der Waals surface area contributed by atoms with E-state index in [1.807, 2.05) is 30.3 Å². The fourth-order valence-corrected chi connectivity index (χ4v) is 4.92. The zero-order valence-corrected chi connectivity index (χ0v) is 16.5. The number of carbonyl (C=O) groups is 1. The van der Waals surface area contributed by atoms with Crippen molar-refractivity contribution < 1.29 is 9.32 Å². The van der Waals surface area contributed by atoms with Crippen molar-refractivity contribution in [3.63, 3.8) is 0 Å². The molecule has 3 aliphatic rings. The molecule has 0 N–H and O–H groups in total. The molecule has 148 valence electrons. The van der Waals surface area contributed by atoms with E-state index in [4.69, 9.17) is 4.52 Å². The number of aromatic nitrogens is 2. The van der Waals surface area contributed by atoms with Crippen molar-refractivity contribution in [1.82, 2.24) is 19.9 Å². The second kappa shape index (κ2) is 6.99. The number of nitrogens with zero attached hydrogens (tertiary/aromatic N) is 4. The normalized spacial score (nSPS) is 24.8. The maximum absolute atomic E-state index is 12.4. The Morgan fingerprint density at radius 1 is 1.21 bits per heavy atom. The molecule has 5 rings (SSSR count). The summed E-state index contributed by atoms with van der Waals surface area (Å²) in [6.45, 7) is 2.83. The SMILES string of the molecule is CN1CC2(CCN(C(=O)CC3CC3)CC2)CC1c1noc(-c2ccccc2)n1. The Labute approximate surface area is 165 Å². The lowest BCUT2D eigenvalue weighted by atomic mass is 9.76. The fraction of sp³-hybridized carbons (Fsp3) is 0.591. The van der Waals surface area contributed by atoms with Gasteiger partial charge in [-0.15, -0.1) is 0 Å². The largest absolute Gasteiger partial charge is 0.343 e.